The number of carbonyl (C=O) groups is 6. The second kappa shape index (κ2) is 17.0. The maximum atomic E-state index is 14.7. The second-order valence-corrected chi connectivity index (χ2v) is 17.1. The predicted octanol–water partition coefficient (Wildman–Crippen LogP) is 5.06. The third kappa shape index (κ3) is 7.84. The number of aryl methyl sites for hydroxylation is 2. The van der Waals surface area contributed by atoms with E-state index in [9.17, 15) is 37.5 Å². The summed E-state index contributed by atoms with van der Waals surface area (Å²) in [6, 6.07) is 7.38. The van der Waals surface area contributed by atoms with Crippen molar-refractivity contribution in [2.75, 3.05) is 42.9 Å². The number of aromatic nitrogens is 4. The number of nitrogens with zero attached hydrogens (tertiary/aromatic N) is 8. The number of nitrogens with one attached hydrogen (secondary N) is 2. The topological polar surface area (TPSA) is 175 Å². The Hall–Kier alpha value is -6.46. The molecule has 5 aliphatic heterocycles. The van der Waals surface area contributed by atoms with Crippen LogP contribution in [0.5, 0.6) is 0 Å². The van der Waals surface area contributed by atoms with E-state index < -0.39 is 36.1 Å². The minimum Gasteiger partial charge on any atom is -0.384 e. The van der Waals surface area contributed by atoms with E-state index in [-0.39, 0.29) is 47.4 Å². The highest BCUT2D eigenvalue weighted by atomic mass is 19.3. The molecule has 0 saturated carbocycles. The predicted molar refractivity (Wildman–Crippen MR) is 226 cm³/mol. The molecular weight excluding hydrogens is 815 g/mol. The van der Waals surface area contributed by atoms with Gasteiger partial charge in [0.1, 0.15) is 6.04 Å². The number of piperidine rings is 2. The number of likely N-dealkylation sites (tertiary alicyclic amines) is 1. The number of rotatable bonds is 11. The first-order chi connectivity index (χ1) is 30.4. The van der Waals surface area contributed by atoms with E-state index in [0.29, 0.717) is 106 Å². The van der Waals surface area contributed by atoms with Crippen molar-refractivity contribution >= 4 is 52.6 Å². The Kier molecular flexibility index (Phi) is 11.3. The molecule has 0 spiro atoms. The number of imide groups is 2. The van der Waals surface area contributed by atoms with Crippen LogP contribution < -0.4 is 15.5 Å². The van der Waals surface area contributed by atoms with E-state index in [4.69, 9.17) is 5.10 Å². The van der Waals surface area contributed by atoms with Gasteiger partial charge in [-0.2, -0.15) is 10.2 Å². The molecule has 1 atom stereocenters. The average molecular weight is 865 g/mol. The number of hydrogen-bond donors (Lipinski definition) is 2. The molecule has 330 valence electrons. The van der Waals surface area contributed by atoms with Gasteiger partial charge in [0.15, 0.2) is 5.82 Å². The van der Waals surface area contributed by atoms with Gasteiger partial charge in [-0.05, 0) is 80.3 Å². The van der Waals surface area contributed by atoms with Crippen LogP contribution in [0.25, 0.3) is 11.1 Å². The normalized spacial score (nSPS) is 19.1. The van der Waals surface area contributed by atoms with Crippen molar-refractivity contribution in [1.29, 1.82) is 0 Å². The van der Waals surface area contributed by atoms with Gasteiger partial charge in [-0.25, -0.2) is 8.78 Å². The Morgan fingerprint density at radius 3 is 2.48 bits per heavy atom. The van der Waals surface area contributed by atoms with Gasteiger partial charge >= 0.3 is 0 Å². The lowest BCUT2D eigenvalue weighted by atomic mass is 9.92. The first-order valence-electron chi connectivity index (χ1n) is 21.8. The zero-order chi connectivity index (χ0) is 44.1. The SMILES string of the molecule is CC(=O)N1CCc2c(c(N3CCCc4cc(-c5cnn(C)c5)c(C(F)F)cc43)nn2C2CCN(C(=O)CCCCNc3cccc4c3C(=O)N(C3CCC(=O)NC3=O)C4=O)CC2)C1. The molecule has 0 aliphatic carbocycles. The molecule has 7 heterocycles. The standard InChI is InChI=1S/C45H50F2N10O6/c1-26(58)54-20-15-35-33(25-54)42(55-17-6-7-27-21-31(28-23-49-52(2)24-28)32(41(46)47)22-37(27)55)51-57(35)29-13-18-53(19-14-29)39(60)10-3-4-16-48-34-9-5-8-30-40(34)45(63)56(44(30)62)36-11-12-38(59)50-43(36)61/h5,8-9,21-24,29,36,41,48H,3-4,6-7,10-20,25H2,1-2H3,(H,50,59,61). The molecule has 16 nitrogen and oxygen atoms in total. The van der Waals surface area contributed by atoms with Crippen molar-refractivity contribution in [3.8, 4) is 11.1 Å². The van der Waals surface area contributed by atoms with Gasteiger partial charge in [-0.1, -0.05) is 6.07 Å². The van der Waals surface area contributed by atoms with Crippen LogP contribution >= 0.6 is 0 Å². The van der Waals surface area contributed by atoms with Crippen LogP contribution in [-0.2, 0) is 45.6 Å². The molecule has 0 bridgehead atoms. The first-order valence-corrected chi connectivity index (χ1v) is 21.8. The molecule has 4 aromatic rings. The molecule has 6 amide bonds. The molecule has 0 radical (unpaired) electrons. The van der Waals surface area contributed by atoms with Crippen molar-refractivity contribution in [1.82, 2.24) is 39.6 Å². The summed E-state index contributed by atoms with van der Waals surface area (Å²) in [6.45, 7) is 4.67. The van der Waals surface area contributed by atoms with E-state index in [0.717, 1.165) is 34.6 Å². The minimum atomic E-state index is -2.70. The Balaban J connectivity index is 0.839. The third-order valence-electron chi connectivity index (χ3n) is 13.2. The number of halogens is 2. The van der Waals surface area contributed by atoms with Crippen LogP contribution in [0.1, 0.15) is 114 Å². The highest BCUT2D eigenvalue weighted by molar-refractivity contribution is 6.25. The van der Waals surface area contributed by atoms with Crippen molar-refractivity contribution in [3.63, 3.8) is 0 Å². The van der Waals surface area contributed by atoms with E-state index in [1.54, 1.807) is 60.2 Å². The number of amides is 6. The van der Waals surface area contributed by atoms with Crippen LogP contribution in [0.4, 0.5) is 26.0 Å². The molecular formula is C45H50F2N10O6. The quantitative estimate of drug-likeness (QED) is 0.153. The van der Waals surface area contributed by atoms with Gasteiger partial charge in [0.25, 0.3) is 18.2 Å². The molecule has 1 unspecified atom stereocenters. The number of anilines is 3. The fourth-order valence-corrected chi connectivity index (χ4v) is 9.88. The summed E-state index contributed by atoms with van der Waals surface area (Å²) in [7, 11) is 1.76. The van der Waals surface area contributed by atoms with E-state index in [1.165, 1.54) is 0 Å². The van der Waals surface area contributed by atoms with Crippen LogP contribution in [0.15, 0.2) is 42.7 Å². The van der Waals surface area contributed by atoms with Crippen molar-refractivity contribution in [2.45, 2.75) is 96.2 Å². The highest BCUT2D eigenvalue weighted by Crippen LogP contribution is 2.44. The van der Waals surface area contributed by atoms with Gasteiger partial charge in [0, 0.05) is 106 Å². The molecule has 2 saturated heterocycles. The number of alkyl halides is 2. The maximum absolute atomic E-state index is 14.7. The Labute approximate surface area is 362 Å². The van der Waals surface area contributed by atoms with Crippen molar-refractivity contribution in [2.24, 2.45) is 7.05 Å². The lowest BCUT2D eigenvalue weighted by molar-refractivity contribution is -0.136. The summed E-state index contributed by atoms with van der Waals surface area (Å²) in [5, 5.41) is 14.9. The van der Waals surface area contributed by atoms with Gasteiger partial charge in [0.2, 0.25) is 23.6 Å². The second-order valence-electron chi connectivity index (χ2n) is 17.1. The van der Waals surface area contributed by atoms with E-state index in [1.807, 2.05) is 11.0 Å². The van der Waals surface area contributed by atoms with Gasteiger partial charge in [0.05, 0.1) is 29.9 Å². The minimum absolute atomic E-state index is 0.0200. The summed E-state index contributed by atoms with van der Waals surface area (Å²) in [5.41, 5.74) is 5.59. The molecule has 2 N–H and O–H groups in total. The van der Waals surface area contributed by atoms with Gasteiger partial charge in [-0.15, -0.1) is 0 Å². The summed E-state index contributed by atoms with van der Waals surface area (Å²) >= 11 is 0. The van der Waals surface area contributed by atoms with Crippen LogP contribution in [-0.4, -0.2) is 108 Å². The van der Waals surface area contributed by atoms with E-state index in [2.05, 4.69) is 25.3 Å². The molecule has 2 aromatic carbocycles. The summed E-state index contributed by atoms with van der Waals surface area (Å²) in [6.07, 6.45) is 5.91. The fraction of sp³-hybridized carbons (Fsp3) is 0.467. The lowest BCUT2D eigenvalue weighted by Gasteiger charge is -2.34. The summed E-state index contributed by atoms with van der Waals surface area (Å²) in [4.78, 5) is 83.5. The molecule has 2 aromatic heterocycles. The molecule has 9 rings (SSSR count). The fourth-order valence-electron chi connectivity index (χ4n) is 9.88. The number of fused-ring (bicyclic) bond motifs is 3. The smallest absolute Gasteiger partial charge is 0.264 e. The van der Waals surface area contributed by atoms with Crippen molar-refractivity contribution < 1.29 is 37.5 Å². The number of hydrogen-bond acceptors (Lipinski definition) is 10. The van der Waals surface area contributed by atoms with Crippen LogP contribution in [0.3, 0.4) is 0 Å². The lowest BCUT2D eigenvalue weighted by Crippen LogP contribution is -2.54. The Bertz CT molecular complexity index is 2530. The number of unbranched alkanes of at least 4 members (excludes halogenated alkanes) is 1. The molecule has 18 heteroatoms. The Morgan fingerprint density at radius 2 is 1.75 bits per heavy atom. The maximum Gasteiger partial charge on any atom is 0.264 e. The molecule has 5 aliphatic rings. The highest BCUT2D eigenvalue weighted by Gasteiger charge is 2.45. The molecule has 63 heavy (non-hydrogen) atoms. The van der Waals surface area contributed by atoms with Gasteiger partial charge in [-0.3, -0.25) is 48.3 Å². The Morgan fingerprint density at radius 1 is 0.937 bits per heavy atom. The zero-order valence-corrected chi connectivity index (χ0v) is 35.4. The molecule has 2 fully saturated rings. The van der Waals surface area contributed by atoms with Gasteiger partial charge < -0.3 is 20.0 Å². The van der Waals surface area contributed by atoms with E-state index >= 15 is 0 Å². The van der Waals surface area contributed by atoms with Crippen LogP contribution in [0.2, 0.25) is 0 Å². The first kappa shape index (κ1) is 41.9. The van der Waals surface area contributed by atoms with Crippen LogP contribution in [0, 0.1) is 0 Å². The van der Waals surface area contributed by atoms with Crippen molar-refractivity contribution in [3.05, 3.63) is 76.2 Å². The third-order valence-corrected chi connectivity index (χ3v) is 13.2. The summed E-state index contributed by atoms with van der Waals surface area (Å²) in [5.74, 6) is -1.52. The largest absolute Gasteiger partial charge is 0.384 e. The average Bonchev–Trinajstić information content (AvgIpc) is 3.96. The number of carbonyl (C=O) groups excluding carboxylic acids is 6. The monoisotopic (exact) mass is 864 g/mol. The zero-order valence-electron chi connectivity index (χ0n) is 35.4. The number of benzene rings is 2. The summed E-state index contributed by atoms with van der Waals surface area (Å²) < 4.78 is 33.1.